The van der Waals surface area contributed by atoms with Crippen molar-refractivity contribution in [3.63, 3.8) is 0 Å². The zero-order valence-corrected chi connectivity index (χ0v) is 12.9. The predicted octanol–water partition coefficient (Wildman–Crippen LogP) is 3.67. The van der Waals surface area contributed by atoms with Crippen molar-refractivity contribution in [1.82, 2.24) is 15.0 Å². The highest BCUT2D eigenvalue weighted by molar-refractivity contribution is 14.1. The molecule has 0 aliphatic heterocycles. The van der Waals surface area contributed by atoms with Crippen molar-refractivity contribution in [3.8, 4) is 0 Å². The zero-order valence-electron chi connectivity index (χ0n) is 10.0. The van der Waals surface area contributed by atoms with E-state index in [1.165, 1.54) is 0 Å². The molecule has 2 heterocycles. The van der Waals surface area contributed by atoms with E-state index in [4.69, 9.17) is 11.6 Å². The molecule has 2 rings (SSSR count). The summed E-state index contributed by atoms with van der Waals surface area (Å²) in [6.45, 7) is 2.13. The van der Waals surface area contributed by atoms with Gasteiger partial charge in [-0.1, -0.05) is 31.0 Å². The Bertz CT molecular complexity index is 531. The van der Waals surface area contributed by atoms with Gasteiger partial charge in [0.2, 0.25) is 0 Å². The van der Waals surface area contributed by atoms with Crippen molar-refractivity contribution in [2.75, 3.05) is 0 Å². The minimum Gasteiger partial charge on any atom is -0.261 e. The SMILES string of the molecule is CCCc1nc(Cc2ccccn2)nc(Cl)c1I. The number of pyridine rings is 1. The van der Waals surface area contributed by atoms with Gasteiger partial charge in [-0.25, -0.2) is 9.97 Å². The summed E-state index contributed by atoms with van der Waals surface area (Å²) in [5.41, 5.74) is 1.99. The van der Waals surface area contributed by atoms with Crippen LogP contribution in [0.3, 0.4) is 0 Å². The highest BCUT2D eigenvalue weighted by Crippen LogP contribution is 2.21. The fourth-order valence-corrected chi connectivity index (χ4v) is 2.38. The first-order valence-electron chi connectivity index (χ1n) is 5.81. The van der Waals surface area contributed by atoms with Gasteiger partial charge < -0.3 is 0 Å². The number of rotatable bonds is 4. The standard InChI is InChI=1S/C13H13ClIN3/c1-2-5-10-12(15)13(14)18-11(17-10)8-9-6-3-4-7-16-9/h3-4,6-7H,2,5,8H2,1H3. The summed E-state index contributed by atoms with van der Waals surface area (Å²) >= 11 is 8.35. The fourth-order valence-electron chi connectivity index (χ4n) is 1.66. The average Bonchev–Trinajstić information content (AvgIpc) is 2.37. The molecule has 0 aromatic carbocycles. The molecule has 0 radical (unpaired) electrons. The van der Waals surface area contributed by atoms with Gasteiger partial charge in [0.15, 0.2) is 0 Å². The second-order valence-electron chi connectivity index (χ2n) is 3.94. The fraction of sp³-hybridized carbons (Fsp3) is 0.308. The molecular weight excluding hydrogens is 361 g/mol. The minimum atomic E-state index is 0.542. The molecule has 0 unspecified atom stereocenters. The number of aryl methyl sites for hydroxylation is 1. The summed E-state index contributed by atoms with van der Waals surface area (Å²) in [5.74, 6) is 0.738. The van der Waals surface area contributed by atoms with Gasteiger partial charge in [-0.3, -0.25) is 4.98 Å². The van der Waals surface area contributed by atoms with Crippen LogP contribution in [-0.4, -0.2) is 15.0 Å². The van der Waals surface area contributed by atoms with Crippen LogP contribution in [0.2, 0.25) is 5.15 Å². The van der Waals surface area contributed by atoms with E-state index in [1.807, 2.05) is 18.2 Å². The summed E-state index contributed by atoms with van der Waals surface area (Å²) in [6.07, 6.45) is 4.37. The van der Waals surface area contributed by atoms with E-state index in [9.17, 15) is 0 Å². The molecule has 0 saturated heterocycles. The molecule has 0 aliphatic rings. The lowest BCUT2D eigenvalue weighted by atomic mass is 10.2. The van der Waals surface area contributed by atoms with Gasteiger partial charge >= 0.3 is 0 Å². The van der Waals surface area contributed by atoms with Crippen LogP contribution in [0, 0.1) is 3.57 Å². The molecule has 0 fully saturated rings. The maximum atomic E-state index is 6.14. The summed E-state index contributed by atoms with van der Waals surface area (Å²) in [5, 5.41) is 0.542. The van der Waals surface area contributed by atoms with Crippen molar-refractivity contribution in [3.05, 3.63) is 50.3 Å². The first-order chi connectivity index (χ1) is 8.70. The Hall–Kier alpha value is -0.750. The van der Waals surface area contributed by atoms with Gasteiger partial charge in [0.1, 0.15) is 11.0 Å². The number of nitrogens with zero attached hydrogens (tertiary/aromatic N) is 3. The summed E-state index contributed by atoms with van der Waals surface area (Å²) < 4.78 is 0.959. The smallest absolute Gasteiger partial charge is 0.146 e. The molecule has 18 heavy (non-hydrogen) atoms. The van der Waals surface area contributed by atoms with E-state index in [1.54, 1.807) is 6.20 Å². The topological polar surface area (TPSA) is 38.7 Å². The van der Waals surface area contributed by atoms with Crippen LogP contribution in [0.1, 0.15) is 30.6 Å². The van der Waals surface area contributed by atoms with Gasteiger partial charge in [-0.2, -0.15) is 0 Å². The minimum absolute atomic E-state index is 0.542. The van der Waals surface area contributed by atoms with Gasteiger partial charge in [0.25, 0.3) is 0 Å². The molecule has 0 aliphatic carbocycles. The Balaban J connectivity index is 2.28. The number of hydrogen-bond donors (Lipinski definition) is 0. The molecule has 0 N–H and O–H groups in total. The molecule has 0 atom stereocenters. The molecule has 0 spiro atoms. The summed E-state index contributed by atoms with van der Waals surface area (Å²) in [6, 6.07) is 5.83. The van der Waals surface area contributed by atoms with E-state index in [0.717, 1.165) is 33.6 Å². The largest absolute Gasteiger partial charge is 0.261 e. The van der Waals surface area contributed by atoms with Gasteiger partial charge in [0.05, 0.1) is 15.7 Å². The number of aromatic nitrogens is 3. The van der Waals surface area contributed by atoms with E-state index in [2.05, 4.69) is 44.5 Å². The second kappa shape index (κ2) is 6.43. The molecule has 3 nitrogen and oxygen atoms in total. The van der Waals surface area contributed by atoms with Gasteiger partial charge in [-0.05, 0) is 41.1 Å². The molecule has 0 bridgehead atoms. The van der Waals surface area contributed by atoms with Crippen molar-refractivity contribution in [2.45, 2.75) is 26.2 Å². The third-order valence-electron chi connectivity index (χ3n) is 2.48. The van der Waals surface area contributed by atoms with Crippen LogP contribution in [0.5, 0.6) is 0 Å². The lowest BCUT2D eigenvalue weighted by Crippen LogP contribution is -2.05. The zero-order chi connectivity index (χ0) is 13.0. The second-order valence-corrected chi connectivity index (χ2v) is 5.38. The van der Waals surface area contributed by atoms with E-state index < -0.39 is 0 Å². The Kier molecular flexibility index (Phi) is 4.88. The van der Waals surface area contributed by atoms with E-state index in [-0.39, 0.29) is 0 Å². The average molecular weight is 374 g/mol. The quantitative estimate of drug-likeness (QED) is 0.606. The Morgan fingerprint density at radius 1 is 1.28 bits per heavy atom. The molecule has 0 saturated carbocycles. The van der Waals surface area contributed by atoms with Gasteiger partial charge in [0, 0.05) is 11.9 Å². The third kappa shape index (κ3) is 3.38. The lowest BCUT2D eigenvalue weighted by Gasteiger charge is -2.07. The highest BCUT2D eigenvalue weighted by Gasteiger charge is 2.10. The van der Waals surface area contributed by atoms with E-state index >= 15 is 0 Å². The maximum Gasteiger partial charge on any atom is 0.146 e. The first-order valence-corrected chi connectivity index (χ1v) is 7.27. The number of halogens is 2. The Morgan fingerprint density at radius 3 is 2.78 bits per heavy atom. The highest BCUT2D eigenvalue weighted by atomic mass is 127. The van der Waals surface area contributed by atoms with Crippen LogP contribution in [0.25, 0.3) is 0 Å². The lowest BCUT2D eigenvalue weighted by molar-refractivity contribution is 0.827. The van der Waals surface area contributed by atoms with Crippen LogP contribution in [0.15, 0.2) is 24.4 Å². The molecular formula is C13H13ClIN3. The van der Waals surface area contributed by atoms with Crippen molar-refractivity contribution >= 4 is 34.2 Å². The normalized spacial score (nSPS) is 10.6. The summed E-state index contributed by atoms with van der Waals surface area (Å²) in [7, 11) is 0. The van der Waals surface area contributed by atoms with Crippen molar-refractivity contribution < 1.29 is 0 Å². The predicted molar refractivity (Wildman–Crippen MR) is 80.8 cm³/mol. The molecule has 94 valence electrons. The molecule has 5 heteroatoms. The maximum absolute atomic E-state index is 6.14. The Morgan fingerprint density at radius 2 is 2.11 bits per heavy atom. The first kappa shape index (κ1) is 13.7. The van der Waals surface area contributed by atoms with Crippen molar-refractivity contribution in [2.24, 2.45) is 0 Å². The van der Waals surface area contributed by atoms with Crippen LogP contribution >= 0.6 is 34.2 Å². The van der Waals surface area contributed by atoms with Crippen LogP contribution < -0.4 is 0 Å². The van der Waals surface area contributed by atoms with Gasteiger partial charge in [-0.15, -0.1) is 0 Å². The monoisotopic (exact) mass is 373 g/mol. The van der Waals surface area contributed by atoms with Crippen LogP contribution in [0.4, 0.5) is 0 Å². The van der Waals surface area contributed by atoms with E-state index in [0.29, 0.717) is 11.6 Å². The third-order valence-corrected chi connectivity index (χ3v) is 4.20. The molecule has 0 amide bonds. The number of hydrogen-bond acceptors (Lipinski definition) is 3. The Labute approximate surface area is 125 Å². The molecule has 2 aromatic heterocycles. The molecule has 2 aromatic rings. The van der Waals surface area contributed by atoms with Crippen LogP contribution in [-0.2, 0) is 12.8 Å². The summed E-state index contributed by atoms with van der Waals surface area (Å²) in [4.78, 5) is 13.2. The van der Waals surface area contributed by atoms with Crippen molar-refractivity contribution in [1.29, 1.82) is 0 Å².